The topological polar surface area (TPSA) is 0 Å². The molecule has 10 aromatic carbocycles. The molecular formula is C52H34. The van der Waals surface area contributed by atoms with Crippen LogP contribution >= 0.6 is 0 Å². The van der Waals surface area contributed by atoms with Gasteiger partial charge in [-0.2, -0.15) is 0 Å². The lowest BCUT2D eigenvalue weighted by atomic mass is 9.83. The third kappa shape index (κ3) is 5.00. The van der Waals surface area contributed by atoms with E-state index in [2.05, 4.69) is 206 Å². The van der Waals surface area contributed by atoms with E-state index < -0.39 is 0 Å². The first-order chi connectivity index (χ1) is 25.8. The van der Waals surface area contributed by atoms with Crippen LogP contribution in [0.1, 0.15) is 0 Å². The zero-order chi connectivity index (χ0) is 34.4. The number of benzene rings is 10. The van der Waals surface area contributed by atoms with Crippen LogP contribution in [0.3, 0.4) is 0 Å². The summed E-state index contributed by atoms with van der Waals surface area (Å²) in [6, 6.07) is 75.4. The van der Waals surface area contributed by atoms with Crippen molar-refractivity contribution >= 4 is 43.1 Å². The van der Waals surface area contributed by atoms with E-state index in [4.69, 9.17) is 0 Å². The van der Waals surface area contributed by atoms with E-state index in [-0.39, 0.29) is 0 Å². The molecule has 0 heterocycles. The van der Waals surface area contributed by atoms with Gasteiger partial charge in [0.2, 0.25) is 0 Å². The van der Waals surface area contributed by atoms with Crippen molar-refractivity contribution in [1.82, 2.24) is 0 Å². The molecule has 0 bridgehead atoms. The SMILES string of the molecule is c1ccc(-c2ccccc2-c2c3ccccc3c(-c3ccc(-c4ccc(-c5ccc6ccccc6c5)c5ccccc45)cc3)c3ccccc23)cc1. The number of hydrogen-bond donors (Lipinski definition) is 0. The zero-order valence-electron chi connectivity index (χ0n) is 28.6. The highest BCUT2D eigenvalue weighted by molar-refractivity contribution is 6.22. The van der Waals surface area contributed by atoms with Gasteiger partial charge in [-0.15, -0.1) is 0 Å². The molecule has 10 aromatic rings. The minimum atomic E-state index is 1.21. The highest BCUT2D eigenvalue weighted by Crippen LogP contribution is 2.46. The molecule has 10 rings (SSSR count). The molecule has 0 aliphatic heterocycles. The van der Waals surface area contributed by atoms with Gasteiger partial charge in [0.1, 0.15) is 0 Å². The van der Waals surface area contributed by atoms with Crippen LogP contribution in [0.15, 0.2) is 206 Å². The Morgan fingerprint density at radius 2 is 0.615 bits per heavy atom. The molecule has 0 amide bonds. The van der Waals surface area contributed by atoms with E-state index in [1.807, 2.05) is 0 Å². The Bertz CT molecular complexity index is 2880. The van der Waals surface area contributed by atoms with Crippen LogP contribution in [0.25, 0.3) is 98.7 Å². The van der Waals surface area contributed by atoms with Crippen molar-refractivity contribution < 1.29 is 0 Å². The lowest BCUT2D eigenvalue weighted by Gasteiger charge is -2.20. The number of fused-ring (bicyclic) bond motifs is 4. The molecule has 0 fully saturated rings. The Balaban J connectivity index is 1.12. The molecule has 0 saturated carbocycles. The average molecular weight is 659 g/mol. The Kier molecular flexibility index (Phi) is 7.25. The van der Waals surface area contributed by atoms with Crippen molar-refractivity contribution in [3.05, 3.63) is 206 Å². The third-order valence-corrected chi connectivity index (χ3v) is 10.7. The Morgan fingerprint density at radius 3 is 1.25 bits per heavy atom. The summed E-state index contributed by atoms with van der Waals surface area (Å²) in [4.78, 5) is 0. The highest BCUT2D eigenvalue weighted by Gasteiger charge is 2.19. The number of hydrogen-bond acceptors (Lipinski definition) is 0. The molecule has 0 N–H and O–H groups in total. The minimum absolute atomic E-state index is 1.21. The smallest absolute Gasteiger partial charge is 0.00201 e. The summed E-state index contributed by atoms with van der Waals surface area (Å²) in [5, 5.41) is 10.1. The van der Waals surface area contributed by atoms with Gasteiger partial charge in [-0.25, -0.2) is 0 Å². The van der Waals surface area contributed by atoms with E-state index in [9.17, 15) is 0 Å². The summed E-state index contributed by atoms with van der Waals surface area (Å²) >= 11 is 0. The normalized spacial score (nSPS) is 11.5. The molecule has 0 atom stereocenters. The zero-order valence-corrected chi connectivity index (χ0v) is 28.6. The van der Waals surface area contributed by atoms with Gasteiger partial charge in [0.25, 0.3) is 0 Å². The summed E-state index contributed by atoms with van der Waals surface area (Å²) in [6.45, 7) is 0. The molecular weight excluding hydrogens is 625 g/mol. The second-order valence-electron chi connectivity index (χ2n) is 13.6. The molecule has 0 nitrogen and oxygen atoms in total. The van der Waals surface area contributed by atoms with Crippen LogP contribution in [0.4, 0.5) is 0 Å². The first kappa shape index (κ1) is 30.1. The molecule has 0 heteroatoms. The lowest BCUT2D eigenvalue weighted by Crippen LogP contribution is -1.92. The van der Waals surface area contributed by atoms with Crippen LogP contribution < -0.4 is 0 Å². The first-order valence-electron chi connectivity index (χ1n) is 18.0. The van der Waals surface area contributed by atoms with Crippen molar-refractivity contribution in [3.8, 4) is 55.6 Å². The van der Waals surface area contributed by atoms with Crippen molar-refractivity contribution in [2.24, 2.45) is 0 Å². The summed E-state index contributed by atoms with van der Waals surface area (Å²) in [7, 11) is 0. The summed E-state index contributed by atoms with van der Waals surface area (Å²) in [6.07, 6.45) is 0. The average Bonchev–Trinajstić information content (AvgIpc) is 3.22. The van der Waals surface area contributed by atoms with E-state index >= 15 is 0 Å². The van der Waals surface area contributed by atoms with Gasteiger partial charge >= 0.3 is 0 Å². The molecule has 0 aliphatic carbocycles. The molecule has 242 valence electrons. The second kappa shape index (κ2) is 12.5. The fourth-order valence-corrected chi connectivity index (χ4v) is 8.28. The van der Waals surface area contributed by atoms with Gasteiger partial charge in [-0.3, -0.25) is 0 Å². The predicted molar refractivity (Wildman–Crippen MR) is 224 cm³/mol. The van der Waals surface area contributed by atoms with Crippen LogP contribution in [0, 0.1) is 0 Å². The Morgan fingerprint density at radius 1 is 0.192 bits per heavy atom. The summed E-state index contributed by atoms with van der Waals surface area (Å²) in [5.74, 6) is 0. The van der Waals surface area contributed by atoms with E-state index in [1.165, 1.54) is 98.7 Å². The fourth-order valence-electron chi connectivity index (χ4n) is 8.28. The Labute approximate surface area is 303 Å². The van der Waals surface area contributed by atoms with Gasteiger partial charge in [0, 0.05) is 0 Å². The van der Waals surface area contributed by atoms with Crippen LogP contribution in [0.2, 0.25) is 0 Å². The molecule has 0 radical (unpaired) electrons. The molecule has 0 aromatic heterocycles. The fraction of sp³-hybridized carbons (Fsp3) is 0. The maximum atomic E-state index is 2.31. The van der Waals surface area contributed by atoms with Crippen molar-refractivity contribution in [2.75, 3.05) is 0 Å². The van der Waals surface area contributed by atoms with Gasteiger partial charge in [0.15, 0.2) is 0 Å². The quantitative estimate of drug-likeness (QED) is 0.161. The Hall–Kier alpha value is -6.76. The monoisotopic (exact) mass is 658 g/mol. The van der Waals surface area contributed by atoms with Crippen molar-refractivity contribution in [2.45, 2.75) is 0 Å². The molecule has 0 spiro atoms. The van der Waals surface area contributed by atoms with Crippen LogP contribution in [-0.4, -0.2) is 0 Å². The van der Waals surface area contributed by atoms with E-state index in [1.54, 1.807) is 0 Å². The molecule has 0 saturated heterocycles. The lowest BCUT2D eigenvalue weighted by molar-refractivity contribution is 1.60. The third-order valence-electron chi connectivity index (χ3n) is 10.7. The molecule has 52 heavy (non-hydrogen) atoms. The number of rotatable bonds is 5. The minimum Gasteiger partial charge on any atom is -0.0622 e. The van der Waals surface area contributed by atoms with Crippen LogP contribution in [0.5, 0.6) is 0 Å². The second-order valence-corrected chi connectivity index (χ2v) is 13.6. The van der Waals surface area contributed by atoms with E-state index in [0.717, 1.165) is 0 Å². The molecule has 0 aliphatic rings. The largest absolute Gasteiger partial charge is 0.0622 e. The maximum absolute atomic E-state index is 2.31. The maximum Gasteiger partial charge on any atom is -0.00201 e. The summed E-state index contributed by atoms with van der Waals surface area (Å²) < 4.78 is 0. The highest BCUT2D eigenvalue weighted by atomic mass is 14.2. The summed E-state index contributed by atoms with van der Waals surface area (Å²) in [5.41, 5.74) is 12.5. The van der Waals surface area contributed by atoms with Crippen LogP contribution in [-0.2, 0) is 0 Å². The van der Waals surface area contributed by atoms with Crippen molar-refractivity contribution in [3.63, 3.8) is 0 Å². The molecule has 0 unspecified atom stereocenters. The standard InChI is InChI=1S/C52H34/c1-2-15-36(16-3-1)41-18-6-9-21-46(41)52-49-24-12-10-22-47(49)51(48-23-11-13-25-50(48)52)38-29-27-37(28-30-38)42-32-33-43(45-20-8-7-19-44(42)45)40-31-26-35-14-4-5-17-39(35)34-40/h1-34H. The van der Waals surface area contributed by atoms with Gasteiger partial charge in [-0.1, -0.05) is 200 Å². The van der Waals surface area contributed by atoms with E-state index in [0.29, 0.717) is 0 Å². The first-order valence-corrected chi connectivity index (χ1v) is 18.0. The van der Waals surface area contributed by atoms with Gasteiger partial charge in [-0.05, 0) is 105 Å². The van der Waals surface area contributed by atoms with Gasteiger partial charge in [0.05, 0.1) is 0 Å². The van der Waals surface area contributed by atoms with Crippen molar-refractivity contribution in [1.29, 1.82) is 0 Å². The van der Waals surface area contributed by atoms with Gasteiger partial charge < -0.3 is 0 Å². The predicted octanol–water partition coefficient (Wildman–Crippen LogP) is 14.6.